The van der Waals surface area contributed by atoms with Crippen molar-refractivity contribution in [1.29, 1.82) is 0 Å². The van der Waals surface area contributed by atoms with Crippen LogP contribution >= 0.6 is 0 Å². The Labute approximate surface area is 217 Å². The molecule has 0 radical (unpaired) electrons. The molecule has 3 aromatic rings. The highest BCUT2D eigenvalue weighted by Crippen LogP contribution is 2.21. The molecule has 0 heterocycles. The number of methoxy groups -OCH3 is 2. The molecule has 3 amide bonds. The summed E-state index contributed by atoms with van der Waals surface area (Å²) >= 11 is 0. The third-order valence-electron chi connectivity index (χ3n) is 5.69. The minimum absolute atomic E-state index is 0.155. The minimum atomic E-state index is -4.26. The minimum Gasteiger partial charge on any atom is -0.497 e. The number of rotatable bonds is 10. The number of likely N-dealkylation sites (N-methyl/N-ethyl adjacent to an activating group) is 1. The van der Waals surface area contributed by atoms with E-state index in [4.69, 9.17) is 9.47 Å². The van der Waals surface area contributed by atoms with E-state index in [0.717, 1.165) is 9.87 Å². The number of hydrogen-bond donors (Lipinski definition) is 2. The highest BCUT2D eigenvalue weighted by molar-refractivity contribution is 7.91. The van der Waals surface area contributed by atoms with E-state index in [-0.39, 0.29) is 6.42 Å². The van der Waals surface area contributed by atoms with Gasteiger partial charge in [0.1, 0.15) is 17.5 Å². The summed E-state index contributed by atoms with van der Waals surface area (Å²) in [6.07, 6.45) is 0.155. The molecule has 0 fully saturated rings. The van der Waals surface area contributed by atoms with Gasteiger partial charge in [-0.2, -0.15) is 8.42 Å². The molecule has 196 valence electrons. The lowest BCUT2D eigenvalue weighted by Crippen LogP contribution is -2.54. The van der Waals surface area contributed by atoms with Gasteiger partial charge in [-0.05, 0) is 54.1 Å². The molecular formula is C26H30N4O6S. The number of nitrogens with one attached hydrogen (secondary N) is 2. The van der Waals surface area contributed by atoms with Gasteiger partial charge in [0, 0.05) is 26.2 Å². The Morgan fingerprint density at radius 1 is 0.811 bits per heavy atom. The van der Waals surface area contributed by atoms with E-state index >= 15 is 0 Å². The second-order valence-corrected chi connectivity index (χ2v) is 9.79. The molecule has 0 aromatic heterocycles. The van der Waals surface area contributed by atoms with Crippen LogP contribution in [0, 0.1) is 0 Å². The molecule has 0 aliphatic carbocycles. The number of ether oxygens (including phenoxy) is 2. The van der Waals surface area contributed by atoms with Gasteiger partial charge in [-0.25, -0.2) is 9.52 Å². The number of carbonyl (C=O) groups is 2. The highest BCUT2D eigenvalue weighted by atomic mass is 32.2. The maximum atomic E-state index is 13.4. The maximum Gasteiger partial charge on any atom is 0.330 e. The van der Waals surface area contributed by atoms with Gasteiger partial charge in [0.25, 0.3) is 0 Å². The summed E-state index contributed by atoms with van der Waals surface area (Å²) in [5.74, 6) is 0.766. The number of benzene rings is 3. The molecular weight excluding hydrogens is 496 g/mol. The van der Waals surface area contributed by atoms with E-state index in [0.29, 0.717) is 22.9 Å². The van der Waals surface area contributed by atoms with Crippen molar-refractivity contribution in [3.63, 3.8) is 0 Å². The Morgan fingerprint density at radius 3 is 1.84 bits per heavy atom. The van der Waals surface area contributed by atoms with E-state index in [1.165, 1.54) is 19.1 Å². The van der Waals surface area contributed by atoms with Crippen LogP contribution in [-0.2, 0) is 21.4 Å². The van der Waals surface area contributed by atoms with Crippen LogP contribution < -0.4 is 28.7 Å². The maximum absolute atomic E-state index is 13.4. The standard InChI is InChI=1S/C26H30N4O6S/c1-29(20-10-14-22(35-3)15-11-20)25(31)24(18-19-8-6-5-7-9-19)27-26(32)28-37(33,34)30(2)21-12-16-23(36-4)17-13-21/h5-17,24H,18H2,1-4H3,(H2,27,28,32)/t24-/m0/s1. The molecule has 2 N–H and O–H groups in total. The molecule has 0 aliphatic heterocycles. The fraction of sp³-hybridized carbons (Fsp3) is 0.231. The zero-order valence-corrected chi connectivity index (χ0v) is 21.9. The van der Waals surface area contributed by atoms with Crippen LogP contribution in [0.2, 0.25) is 0 Å². The summed E-state index contributed by atoms with van der Waals surface area (Å²) in [6.45, 7) is 0. The molecule has 0 spiro atoms. The predicted molar refractivity (Wildman–Crippen MR) is 142 cm³/mol. The summed E-state index contributed by atoms with van der Waals surface area (Å²) in [5.41, 5.74) is 1.69. The zero-order chi connectivity index (χ0) is 27.0. The first-order valence-corrected chi connectivity index (χ1v) is 12.8. The van der Waals surface area contributed by atoms with E-state index in [1.54, 1.807) is 62.7 Å². The van der Waals surface area contributed by atoms with Gasteiger partial charge >= 0.3 is 16.2 Å². The molecule has 10 nitrogen and oxygen atoms in total. The van der Waals surface area contributed by atoms with Gasteiger partial charge in [0.2, 0.25) is 5.91 Å². The third kappa shape index (κ3) is 7.14. The quantitative estimate of drug-likeness (QED) is 0.420. The smallest absolute Gasteiger partial charge is 0.330 e. The number of amides is 3. The number of hydrogen-bond acceptors (Lipinski definition) is 6. The lowest BCUT2D eigenvalue weighted by molar-refractivity contribution is -0.120. The number of anilines is 2. The van der Waals surface area contributed by atoms with Crippen molar-refractivity contribution in [3.05, 3.63) is 84.4 Å². The number of nitrogens with zero attached hydrogens (tertiary/aromatic N) is 2. The fourth-order valence-corrected chi connectivity index (χ4v) is 4.35. The van der Waals surface area contributed by atoms with Gasteiger partial charge < -0.3 is 19.7 Å². The van der Waals surface area contributed by atoms with Crippen molar-refractivity contribution in [1.82, 2.24) is 10.0 Å². The second kappa shape index (κ2) is 12.1. The van der Waals surface area contributed by atoms with Crippen LogP contribution in [0.3, 0.4) is 0 Å². The van der Waals surface area contributed by atoms with Crippen LogP contribution in [0.15, 0.2) is 78.9 Å². The van der Waals surface area contributed by atoms with Gasteiger partial charge in [-0.3, -0.25) is 9.10 Å². The monoisotopic (exact) mass is 526 g/mol. The first-order valence-electron chi connectivity index (χ1n) is 11.3. The lowest BCUT2D eigenvalue weighted by atomic mass is 10.0. The van der Waals surface area contributed by atoms with Crippen LogP contribution in [0.5, 0.6) is 11.5 Å². The van der Waals surface area contributed by atoms with E-state index < -0.39 is 28.2 Å². The Kier molecular flexibility index (Phi) is 8.96. The average molecular weight is 527 g/mol. The van der Waals surface area contributed by atoms with Crippen molar-refractivity contribution in [2.24, 2.45) is 0 Å². The van der Waals surface area contributed by atoms with Crippen LogP contribution in [0.4, 0.5) is 16.2 Å². The highest BCUT2D eigenvalue weighted by Gasteiger charge is 2.28. The molecule has 0 unspecified atom stereocenters. The number of carbonyl (C=O) groups excluding carboxylic acids is 2. The SMILES string of the molecule is COc1ccc(N(C)C(=O)[C@H](Cc2ccccc2)NC(=O)NS(=O)(=O)N(C)c2ccc(OC)cc2)cc1. The molecule has 1 atom stereocenters. The summed E-state index contributed by atoms with van der Waals surface area (Å²) in [5, 5.41) is 2.53. The van der Waals surface area contributed by atoms with E-state index in [2.05, 4.69) is 5.32 Å². The molecule has 0 aliphatic rings. The molecule has 0 saturated heterocycles. The Morgan fingerprint density at radius 2 is 1.32 bits per heavy atom. The topological polar surface area (TPSA) is 117 Å². The predicted octanol–water partition coefficient (Wildman–Crippen LogP) is 2.96. The van der Waals surface area contributed by atoms with E-state index in [1.807, 2.05) is 35.1 Å². The Balaban J connectivity index is 1.77. The first-order chi connectivity index (χ1) is 17.6. The summed E-state index contributed by atoms with van der Waals surface area (Å²) in [6, 6.07) is 20.2. The van der Waals surface area contributed by atoms with Crippen molar-refractivity contribution >= 4 is 33.5 Å². The first kappa shape index (κ1) is 27.3. The lowest BCUT2D eigenvalue weighted by Gasteiger charge is -2.26. The van der Waals surface area contributed by atoms with Crippen molar-refractivity contribution in [2.45, 2.75) is 12.5 Å². The Hall–Kier alpha value is -4.25. The molecule has 11 heteroatoms. The number of urea groups is 1. The van der Waals surface area contributed by atoms with Crippen LogP contribution in [0.25, 0.3) is 0 Å². The molecule has 0 saturated carbocycles. The third-order valence-corrected chi connectivity index (χ3v) is 7.07. The molecule has 3 aromatic carbocycles. The second-order valence-electron chi connectivity index (χ2n) is 8.08. The van der Waals surface area contributed by atoms with Crippen molar-refractivity contribution in [3.8, 4) is 11.5 Å². The normalized spacial score (nSPS) is 11.7. The molecule has 37 heavy (non-hydrogen) atoms. The van der Waals surface area contributed by atoms with Crippen LogP contribution in [0.1, 0.15) is 5.56 Å². The molecule has 3 rings (SSSR count). The summed E-state index contributed by atoms with van der Waals surface area (Å²) in [4.78, 5) is 27.6. The van der Waals surface area contributed by atoms with Gasteiger partial charge in [-0.15, -0.1) is 0 Å². The van der Waals surface area contributed by atoms with Crippen molar-refractivity contribution in [2.75, 3.05) is 37.5 Å². The molecule has 0 bridgehead atoms. The van der Waals surface area contributed by atoms with Crippen LogP contribution in [-0.4, -0.2) is 54.7 Å². The summed E-state index contributed by atoms with van der Waals surface area (Å²) in [7, 11) is 1.67. The average Bonchev–Trinajstić information content (AvgIpc) is 2.91. The van der Waals surface area contributed by atoms with Crippen molar-refractivity contribution < 1.29 is 27.5 Å². The summed E-state index contributed by atoms with van der Waals surface area (Å²) < 4.78 is 38.8. The zero-order valence-electron chi connectivity index (χ0n) is 21.0. The largest absolute Gasteiger partial charge is 0.497 e. The van der Waals surface area contributed by atoms with Gasteiger partial charge in [0.05, 0.1) is 19.9 Å². The fourth-order valence-electron chi connectivity index (χ4n) is 3.52. The van der Waals surface area contributed by atoms with Gasteiger partial charge in [0.15, 0.2) is 0 Å². The van der Waals surface area contributed by atoms with Gasteiger partial charge in [-0.1, -0.05) is 30.3 Å². The van der Waals surface area contributed by atoms with E-state index in [9.17, 15) is 18.0 Å². The Bertz CT molecular complexity index is 1300.